The van der Waals surface area contributed by atoms with E-state index in [-0.39, 0.29) is 0 Å². The lowest BCUT2D eigenvalue weighted by Gasteiger charge is -1.98. The number of nitrogens with zero attached hydrogens (tertiary/aromatic N) is 1. The summed E-state index contributed by atoms with van der Waals surface area (Å²) < 4.78 is 1.07. The first-order chi connectivity index (χ1) is 5.33. The minimum atomic E-state index is 1.07. The van der Waals surface area contributed by atoms with Crippen LogP contribution in [0, 0.1) is 0 Å². The van der Waals surface area contributed by atoms with Crippen LogP contribution in [0.3, 0.4) is 0 Å². The summed E-state index contributed by atoms with van der Waals surface area (Å²) in [5, 5.41) is 0. The van der Waals surface area contributed by atoms with Crippen LogP contribution in [0.15, 0.2) is 22.9 Å². The van der Waals surface area contributed by atoms with Gasteiger partial charge in [-0.3, -0.25) is 4.98 Å². The van der Waals surface area contributed by atoms with Crippen molar-refractivity contribution < 1.29 is 0 Å². The number of aromatic nitrogens is 1. The Bertz CT molecular complexity index is 227. The fourth-order valence-corrected chi connectivity index (χ4v) is 1.66. The van der Waals surface area contributed by atoms with Gasteiger partial charge >= 0.3 is 0 Å². The van der Waals surface area contributed by atoms with Crippen LogP contribution in [-0.4, -0.2) is 17.0 Å². The van der Waals surface area contributed by atoms with Crippen molar-refractivity contribution in [3.05, 3.63) is 28.5 Å². The van der Waals surface area contributed by atoms with Gasteiger partial charge in [0.15, 0.2) is 0 Å². The van der Waals surface area contributed by atoms with E-state index in [1.54, 1.807) is 0 Å². The molecule has 1 nitrogen and oxygen atoms in total. The van der Waals surface area contributed by atoms with Crippen molar-refractivity contribution in [2.24, 2.45) is 0 Å². The molecule has 1 heterocycles. The van der Waals surface area contributed by atoms with Crippen LogP contribution in [0.2, 0.25) is 0 Å². The maximum Gasteiger partial charge on any atom is 0.0410 e. The first kappa shape index (κ1) is 9.07. The Kier molecular flexibility index (Phi) is 3.94. The third kappa shape index (κ3) is 3.25. The summed E-state index contributed by atoms with van der Waals surface area (Å²) in [4.78, 5) is 4.08. The van der Waals surface area contributed by atoms with Crippen molar-refractivity contribution in [2.75, 3.05) is 12.0 Å². The van der Waals surface area contributed by atoms with Gasteiger partial charge in [-0.15, -0.1) is 0 Å². The molecule has 0 unspecified atom stereocenters. The zero-order chi connectivity index (χ0) is 8.10. The molecular weight excluding hydrogens is 222 g/mol. The molecule has 60 valence electrons. The molecule has 1 rings (SSSR count). The Morgan fingerprint density at radius 1 is 1.55 bits per heavy atom. The molecule has 0 amide bonds. The van der Waals surface area contributed by atoms with Crippen LogP contribution < -0.4 is 0 Å². The number of hydrogen-bond donors (Lipinski definition) is 0. The highest BCUT2D eigenvalue weighted by Crippen LogP contribution is 2.10. The van der Waals surface area contributed by atoms with Crippen molar-refractivity contribution in [2.45, 2.75) is 6.42 Å². The zero-order valence-corrected chi connectivity index (χ0v) is 8.78. The summed E-state index contributed by atoms with van der Waals surface area (Å²) in [6, 6.07) is 2.11. The zero-order valence-electron chi connectivity index (χ0n) is 6.38. The van der Waals surface area contributed by atoms with Gasteiger partial charge in [0.1, 0.15) is 0 Å². The molecule has 0 saturated heterocycles. The van der Waals surface area contributed by atoms with E-state index >= 15 is 0 Å². The van der Waals surface area contributed by atoms with Crippen molar-refractivity contribution >= 4 is 27.7 Å². The molecule has 0 aliphatic carbocycles. The van der Waals surface area contributed by atoms with E-state index < -0.39 is 0 Å². The van der Waals surface area contributed by atoms with Gasteiger partial charge in [-0.25, -0.2) is 0 Å². The van der Waals surface area contributed by atoms with Crippen molar-refractivity contribution in [3.8, 4) is 0 Å². The summed E-state index contributed by atoms with van der Waals surface area (Å²) in [6.07, 6.45) is 6.95. The predicted octanol–water partition coefficient (Wildman–Crippen LogP) is 2.75. The van der Waals surface area contributed by atoms with Crippen molar-refractivity contribution in [1.82, 2.24) is 4.98 Å². The number of hydrogen-bond acceptors (Lipinski definition) is 2. The van der Waals surface area contributed by atoms with Gasteiger partial charge in [-0.2, -0.15) is 11.8 Å². The fraction of sp³-hybridized carbons (Fsp3) is 0.375. The van der Waals surface area contributed by atoms with E-state index in [0.717, 1.165) is 16.6 Å². The maximum absolute atomic E-state index is 4.08. The third-order valence-corrected chi connectivity index (χ3v) is 2.40. The minimum Gasteiger partial charge on any atom is -0.263 e. The second kappa shape index (κ2) is 4.78. The molecule has 0 aliphatic heterocycles. The third-order valence-electron chi connectivity index (χ3n) is 1.36. The molecule has 0 spiro atoms. The molecule has 1 aromatic rings. The van der Waals surface area contributed by atoms with E-state index in [0.29, 0.717) is 0 Å². The van der Waals surface area contributed by atoms with Crippen LogP contribution in [0.1, 0.15) is 5.56 Å². The minimum absolute atomic E-state index is 1.07. The predicted molar refractivity (Wildman–Crippen MR) is 54.0 cm³/mol. The monoisotopic (exact) mass is 231 g/mol. The molecule has 1 aromatic heterocycles. The van der Waals surface area contributed by atoms with E-state index in [1.807, 2.05) is 24.2 Å². The average molecular weight is 232 g/mol. The Balaban J connectivity index is 2.56. The Labute approximate surface area is 79.7 Å². The molecule has 0 atom stereocenters. The summed E-state index contributed by atoms with van der Waals surface area (Å²) in [6.45, 7) is 0. The van der Waals surface area contributed by atoms with Crippen LogP contribution in [-0.2, 0) is 6.42 Å². The molecule has 3 heteroatoms. The molecule has 0 saturated carbocycles. The van der Waals surface area contributed by atoms with E-state index in [1.165, 1.54) is 5.56 Å². The molecule has 0 fully saturated rings. The van der Waals surface area contributed by atoms with Crippen LogP contribution in [0.5, 0.6) is 0 Å². The molecule has 0 bridgehead atoms. The second-order valence-electron chi connectivity index (χ2n) is 2.25. The quantitative estimate of drug-likeness (QED) is 0.794. The molecule has 11 heavy (non-hydrogen) atoms. The van der Waals surface area contributed by atoms with Crippen LogP contribution in [0.25, 0.3) is 0 Å². The van der Waals surface area contributed by atoms with Crippen LogP contribution >= 0.6 is 27.7 Å². The van der Waals surface area contributed by atoms with Gasteiger partial charge < -0.3 is 0 Å². The normalized spacial score (nSPS) is 10.0. The number of rotatable bonds is 3. The molecule has 0 aromatic carbocycles. The average Bonchev–Trinajstić information content (AvgIpc) is 2.01. The van der Waals surface area contributed by atoms with E-state index in [9.17, 15) is 0 Å². The largest absolute Gasteiger partial charge is 0.263 e. The maximum atomic E-state index is 4.08. The molecule has 0 radical (unpaired) electrons. The number of pyridine rings is 1. The lowest BCUT2D eigenvalue weighted by Crippen LogP contribution is -1.88. The smallest absolute Gasteiger partial charge is 0.0410 e. The summed E-state index contributed by atoms with van der Waals surface area (Å²) in [5.41, 5.74) is 1.30. The summed E-state index contributed by atoms with van der Waals surface area (Å²) in [5.74, 6) is 1.16. The number of thioether (sulfide) groups is 1. The van der Waals surface area contributed by atoms with E-state index in [4.69, 9.17) is 0 Å². The van der Waals surface area contributed by atoms with Gasteiger partial charge in [-0.1, -0.05) is 0 Å². The molecule has 0 aliphatic rings. The number of aryl methyl sites for hydroxylation is 1. The van der Waals surface area contributed by atoms with Gasteiger partial charge in [0.05, 0.1) is 0 Å². The topological polar surface area (TPSA) is 12.9 Å². The SMILES string of the molecule is CSCCc1cncc(Br)c1. The second-order valence-corrected chi connectivity index (χ2v) is 4.16. The van der Waals surface area contributed by atoms with Crippen molar-refractivity contribution in [3.63, 3.8) is 0 Å². The highest BCUT2D eigenvalue weighted by molar-refractivity contribution is 9.10. The van der Waals surface area contributed by atoms with Gasteiger partial charge in [0.2, 0.25) is 0 Å². The Hall–Kier alpha value is -0.0200. The van der Waals surface area contributed by atoms with Crippen LogP contribution in [0.4, 0.5) is 0 Å². The highest BCUT2D eigenvalue weighted by Gasteiger charge is 1.93. The van der Waals surface area contributed by atoms with Gasteiger partial charge in [0.25, 0.3) is 0 Å². The lowest BCUT2D eigenvalue weighted by molar-refractivity contribution is 1.11. The summed E-state index contributed by atoms with van der Waals surface area (Å²) >= 11 is 5.24. The first-order valence-corrected chi connectivity index (χ1v) is 5.60. The Morgan fingerprint density at radius 3 is 3.00 bits per heavy atom. The fourth-order valence-electron chi connectivity index (χ4n) is 0.812. The summed E-state index contributed by atoms with van der Waals surface area (Å²) in [7, 11) is 0. The Morgan fingerprint density at radius 2 is 2.36 bits per heavy atom. The number of halogens is 1. The van der Waals surface area contributed by atoms with Gasteiger partial charge in [-0.05, 0) is 46.0 Å². The molecular formula is C8H10BrNS. The van der Waals surface area contributed by atoms with Crippen molar-refractivity contribution in [1.29, 1.82) is 0 Å². The lowest BCUT2D eigenvalue weighted by atomic mass is 10.2. The first-order valence-electron chi connectivity index (χ1n) is 3.41. The standard InChI is InChI=1S/C8H10BrNS/c1-11-3-2-7-4-8(9)6-10-5-7/h4-6H,2-3H2,1H3. The molecule has 0 N–H and O–H groups in total. The van der Waals surface area contributed by atoms with Gasteiger partial charge in [0, 0.05) is 16.9 Å². The van der Waals surface area contributed by atoms with E-state index in [2.05, 4.69) is 33.2 Å². The highest BCUT2D eigenvalue weighted by atomic mass is 79.9.